The van der Waals surface area contributed by atoms with Crippen molar-refractivity contribution in [3.63, 3.8) is 0 Å². The first-order valence-electron chi connectivity index (χ1n) is 10.4. The van der Waals surface area contributed by atoms with Gasteiger partial charge >= 0.3 is 12.0 Å². The van der Waals surface area contributed by atoms with Crippen molar-refractivity contribution in [1.82, 2.24) is 5.32 Å². The molecule has 4 rings (SSSR count). The highest BCUT2D eigenvalue weighted by atomic mass is 19.1. The number of nitrogens with one attached hydrogen (secondary N) is 2. The topological polar surface area (TPSA) is 111 Å². The van der Waals surface area contributed by atoms with Crippen molar-refractivity contribution in [1.29, 1.82) is 0 Å². The maximum atomic E-state index is 14.7. The van der Waals surface area contributed by atoms with E-state index in [1.165, 1.54) is 18.2 Å². The van der Waals surface area contributed by atoms with Gasteiger partial charge in [-0.1, -0.05) is 42.5 Å². The van der Waals surface area contributed by atoms with E-state index in [2.05, 4.69) is 15.6 Å². The van der Waals surface area contributed by atoms with Crippen LogP contribution < -0.4 is 15.5 Å². The average Bonchev–Trinajstić information content (AvgIpc) is 2.90. The van der Waals surface area contributed by atoms with Gasteiger partial charge in [-0.2, -0.15) is 0 Å². The lowest BCUT2D eigenvalue weighted by Crippen LogP contribution is -2.49. The van der Waals surface area contributed by atoms with Crippen LogP contribution in [0.25, 0.3) is 0 Å². The van der Waals surface area contributed by atoms with E-state index in [0.717, 1.165) is 10.5 Å². The van der Waals surface area contributed by atoms with Gasteiger partial charge in [-0.15, -0.1) is 0 Å². The largest absolute Gasteiger partial charge is 0.480 e. The number of carboxylic acids is 1. The van der Waals surface area contributed by atoms with Gasteiger partial charge in [0, 0.05) is 16.8 Å². The number of rotatable bonds is 5. The molecule has 1 heterocycles. The van der Waals surface area contributed by atoms with Crippen LogP contribution in [0.3, 0.4) is 0 Å². The Morgan fingerprint density at radius 2 is 1.74 bits per heavy atom. The van der Waals surface area contributed by atoms with E-state index in [1.807, 2.05) is 13.0 Å². The number of amides is 3. The van der Waals surface area contributed by atoms with Crippen molar-refractivity contribution in [3.8, 4) is 0 Å². The minimum Gasteiger partial charge on any atom is -0.480 e. The highest BCUT2D eigenvalue weighted by molar-refractivity contribution is 6.21. The fraction of sp³-hybridized carbons (Fsp3) is 0.120. The number of carboxylic acid groups (broad SMARTS) is 1. The molecule has 1 unspecified atom stereocenters. The number of carbonyl (C=O) groups excluding carboxylic acids is 2. The van der Waals surface area contributed by atoms with Gasteiger partial charge in [0.15, 0.2) is 0 Å². The van der Waals surface area contributed by atoms with Gasteiger partial charge in [0.05, 0.1) is 11.4 Å². The van der Waals surface area contributed by atoms with Crippen molar-refractivity contribution < 1.29 is 23.9 Å². The number of fused-ring (bicyclic) bond motifs is 1. The Kier molecular flexibility index (Phi) is 6.35. The van der Waals surface area contributed by atoms with E-state index in [0.29, 0.717) is 11.3 Å². The van der Waals surface area contributed by atoms with Crippen LogP contribution >= 0.6 is 0 Å². The second-order valence-corrected chi connectivity index (χ2v) is 7.66. The highest BCUT2D eigenvalue weighted by Crippen LogP contribution is 2.29. The van der Waals surface area contributed by atoms with Crippen molar-refractivity contribution >= 4 is 35.0 Å². The Morgan fingerprint density at radius 3 is 2.44 bits per heavy atom. The number of nitrogens with zero attached hydrogens (tertiary/aromatic N) is 2. The first-order valence-corrected chi connectivity index (χ1v) is 10.4. The predicted molar refractivity (Wildman–Crippen MR) is 126 cm³/mol. The molecule has 3 N–H and O–H groups in total. The van der Waals surface area contributed by atoms with Crippen LogP contribution in [0.2, 0.25) is 0 Å². The molecule has 0 radical (unpaired) electrons. The van der Waals surface area contributed by atoms with Gasteiger partial charge < -0.3 is 15.7 Å². The zero-order valence-electron chi connectivity index (χ0n) is 18.2. The number of urea groups is 1. The third kappa shape index (κ3) is 4.78. The molecule has 0 aliphatic carbocycles. The molecule has 34 heavy (non-hydrogen) atoms. The number of aryl methyl sites for hydroxylation is 1. The van der Waals surface area contributed by atoms with E-state index < -0.39 is 36.4 Å². The van der Waals surface area contributed by atoms with Crippen LogP contribution in [0.1, 0.15) is 16.7 Å². The van der Waals surface area contributed by atoms with Crippen LogP contribution in [0.5, 0.6) is 0 Å². The van der Waals surface area contributed by atoms with Gasteiger partial charge in [0.2, 0.25) is 6.17 Å². The lowest BCUT2D eigenvalue weighted by atomic mass is 10.00. The first kappa shape index (κ1) is 22.7. The maximum Gasteiger partial charge on any atom is 0.323 e. The highest BCUT2D eigenvalue weighted by Gasteiger charge is 2.34. The van der Waals surface area contributed by atoms with E-state index in [1.54, 1.807) is 48.5 Å². The molecular formula is C25H21FN4O4. The van der Waals surface area contributed by atoms with Crippen molar-refractivity contribution in [2.75, 3.05) is 16.8 Å². The SMILES string of the molecule is Cc1cccc(NC(=O)NC2N=C(c3ccccc3F)c3ccccc3N(CC(=O)O)C2=O)c1. The summed E-state index contributed by atoms with van der Waals surface area (Å²) in [5.74, 6) is -2.58. The summed E-state index contributed by atoms with van der Waals surface area (Å²) < 4.78 is 14.7. The molecule has 3 aromatic carbocycles. The fourth-order valence-electron chi connectivity index (χ4n) is 3.70. The molecule has 0 fully saturated rings. The van der Waals surface area contributed by atoms with Gasteiger partial charge in [0.25, 0.3) is 5.91 Å². The minimum atomic E-state index is -1.49. The monoisotopic (exact) mass is 460 g/mol. The maximum absolute atomic E-state index is 14.7. The summed E-state index contributed by atoms with van der Waals surface area (Å²) in [5.41, 5.74) is 2.28. The first-order chi connectivity index (χ1) is 16.3. The van der Waals surface area contributed by atoms with Crippen molar-refractivity contribution in [2.45, 2.75) is 13.1 Å². The van der Waals surface area contributed by atoms with Crippen LogP contribution in [-0.4, -0.2) is 41.4 Å². The number of benzodiazepines with no additional fused rings is 1. The van der Waals surface area contributed by atoms with Gasteiger partial charge in [-0.3, -0.25) is 14.5 Å². The fourth-order valence-corrected chi connectivity index (χ4v) is 3.70. The number of aliphatic carboxylic acids is 1. The van der Waals surface area contributed by atoms with E-state index in [-0.39, 0.29) is 17.0 Å². The minimum absolute atomic E-state index is 0.116. The molecule has 0 spiro atoms. The number of aliphatic imine (C=N–C) groups is 1. The zero-order valence-corrected chi connectivity index (χ0v) is 18.2. The predicted octanol–water partition coefficient (Wildman–Crippen LogP) is 3.55. The summed E-state index contributed by atoms with van der Waals surface area (Å²) in [5, 5.41) is 14.5. The Hall–Kier alpha value is -4.53. The van der Waals surface area contributed by atoms with Gasteiger partial charge in [-0.05, 0) is 42.8 Å². The summed E-state index contributed by atoms with van der Waals surface area (Å²) in [6, 6.07) is 18.7. The lowest BCUT2D eigenvalue weighted by molar-refractivity contribution is -0.136. The molecule has 0 aromatic heterocycles. The van der Waals surface area contributed by atoms with Crippen LogP contribution in [0, 0.1) is 12.7 Å². The molecule has 1 atom stereocenters. The number of hydrogen-bond acceptors (Lipinski definition) is 4. The second kappa shape index (κ2) is 9.53. The smallest absolute Gasteiger partial charge is 0.323 e. The standard InChI is InChI=1S/C25H21FN4O4/c1-15-7-6-8-16(13-15)27-25(34)29-23-24(33)30(14-21(31)32)20-12-5-3-10-18(20)22(28-23)17-9-2-4-11-19(17)26/h2-13,23H,14H2,1H3,(H,31,32)(H2,27,29,34). The summed E-state index contributed by atoms with van der Waals surface area (Å²) in [7, 11) is 0. The van der Waals surface area contributed by atoms with Gasteiger partial charge in [0.1, 0.15) is 12.4 Å². The third-order valence-electron chi connectivity index (χ3n) is 5.17. The molecule has 172 valence electrons. The number of benzene rings is 3. The Morgan fingerprint density at radius 1 is 1.03 bits per heavy atom. The molecule has 0 bridgehead atoms. The molecule has 9 heteroatoms. The van der Waals surface area contributed by atoms with Gasteiger partial charge in [-0.25, -0.2) is 14.2 Å². The van der Waals surface area contributed by atoms with E-state index in [9.17, 15) is 23.9 Å². The molecule has 8 nitrogen and oxygen atoms in total. The number of halogens is 1. The quantitative estimate of drug-likeness (QED) is 0.541. The third-order valence-corrected chi connectivity index (χ3v) is 5.17. The molecule has 0 saturated heterocycles. The van der Waals surface area contributed by atoms with Crippen molar-refractivity contribution in [2.24, 2.45) is 4.99 Å². The molecule has 3 amide bonds. The average molecular weight is 460 g/mol. The molecule has 1 aliphatic heterocycles. The normalized spacial score (nSPS) is 15.1. The molecule has 3 aromatic rings. The molecular weight excluding hydrogens is 439 g/mol. The number of carbonyl (C=O) groups is 3. The zero-order chi connectivity index (χ0) is 24.2. The van der Waals surface area contributed by atoms with Crippen LogP contribution in [-0.2, 0) is 9.59 Å². The van der Waals surface area contributed by atoms with E-state index in [4.69, 9.17) is 0 Å². The van der Waals surface area contributed by atoms with Crippen molar-refractivity contribution in [3.05, 3.63) is 95.3 Å². The lowest BCUT2D eigenvalue weighted by Gasteiger charge is -2.23. The van der Waals surface area contributed by atoms with Crippen LogP contribution in [0.4, 0.5) is 20.6 Å². The second-order valence-electron chi connectivity index (χ2n) is 7.66. The molecule has 1 aliphatic rings. The Balaban J connectivity index is 1.77. The van der Waals surface area contributed by atoms with Crippen LogP contribution in [0.15, 0.2) is 77.8 Å². The number of para-hydroxylation sites is 1. The number of hydrogen-bond donors (Lipinski definition) is 3. The number of anilines is 2. The van der Waals surface area contributed by atoms with E-state index >= 15 is 0 Å². The Bertz CT molecular complexity index is 1310. The summed E-state index contributed by atoms with van der Waals surface area (Å²) >= 11 is 0. The summed E-state index contributed by atoms with van der Waals surface area (Å²) in [4.78, 5) is 43.1. The molecule has 0 saturated carbocycles. The Labute approximate surface area is 194 Å². The summed E-state index contributed by atoms with van der Waals surface area (Å²) in [6.07, 6.45) is -1.49. The summed E-state index contributed by atoms with van der Waals surface area (Å²) in [6.45, 7) is 1.21.